The van der Waals surface area contributed by atoms with Gasteiger partial charge in [-0.3, -0.25) is 4.79 Å². The number of likely N-dealkylation sites (N-methyl/N-ethyl adjacent to an activating group) is 1. The number of rotatable bonds is 4. The maximum Gasteiger partial charge on any atom is 0.253 e. The van der Waals surface area contributed by atoms with Crippen molar-refractivity contribution in [1.82, 2.24) is 9.80 Å². The molecule has 1 saturated heterocycles. The Morgan fingerprint density at radius 1 is 1.15 bits per heavy atom. The summed E-state index contributed by atoms with van der Waals surface area (Å²) >= 11 is 0. The summed E-state index contributed by atoms with van der Waals surface area (Å²) in [5.74, 6) is 0.815. The second-order valence-electron chi connectivity index (χ2n) is 8.49. The zero-order chi connectivity index (χ0) is 18.8. The smallest absolute Gasteiger partial charge is 0.253 e. The third-order valence-corrected chi connectivity index (χ3v) is 6.28. The molecule has 26 heavy (non-hydrogen) atoms. The van der Waals surface area contributed by atoms with Crippen molar-refractivity contribution in [1.29, 1.82) is 0 Å². The highest BCUT2D eigenvalue weighted by Gasteiger charge is 2.43. The molecule has 2 fully saturated rings. The van der Waals surface area contributed by atoms with Crippen molar-refractivity contribution in [2.75, 3.05) is 40.8 Å². The summed E-state index contributed by atoms with van der Waals surface area (Å²) in [6.07, 6.45) is 5.96. The molecular formula is C21H32N2O3. The lowest BCUT2D eigenvalue weighted by Gasteiger charge is -2.48. The van der Waals surface area contributed by atoms with Crippen LogP contribution in [0.4, 0.5) is 0 Å². The van der Waals surface area contributed by atoms with Gasteiger partial charge in [0.2, 0.25) is 0 Å². The summed E-state index contributed by atoms with van der Waals surface area (Å²) < 4.78 is 5.23. The van der Waals surface area contributed by atoms with Crippen LogP contribution in [-0.4, -0.2) is 67.3 Å². The number of hydrogen-bond donors (Lipinski definition) is 1. The van der Waals surface area contributed by atoms with Crippen molar-refractivity contribution in [3.05, 3.63) is 29.8 Å². The van der Waals surface area contributed by atoms with Crippen molar-refractivity contribution in [3.8, 4) is 5.75 Å². The molecule has 1 aromatic rings. The number of ether oxygens (including phenoxy) is 1. The fourth-order valence-corrected chi connectivity index (χ4v) is 4.62. The molecular weight excluding hydrogens is 328 g/mol. The van der Waals surface area contributed by atoms with Crippen LogP contribution in [0.1, 0.15) is 48.9 Å². The maximum atomic E-state index is 12.8. The van der Waals surface area contributed by atoms with E-state index in [0.717, 1.165) is 63.9 Å². The number of aliphatic hydroxyl groups is 1. The summed E-state index contributed by atoms with van der Waals surface area (Å²) in [6, 6.07) is 7.40. The molecule has 0 unspecified atom stereocenters. The highest BCUT2D eigenvalue weighted by Crippen LogP contribution is 2.47. The van der Waals surface area contributed by atoms with Crippen LogP contribution >= 0.6 is 0 Å². The summed E-state index contributed by atoms with van der Waals surface area (Å²) in [5.41, 5.74) is 0.468. The average molecular weight is 360 g/mol. The molecule has 0 bridgehead atoms. The molecule has 0 radical (unpaired) electrons. The Labute approximate surface area is 156 Å². The van der Waals surface area contributed by atoms with Crippen molar-refractivity contribution >= 4 is 5.91 Å². The average Bonchev–Trinajstić information content (AvgIpc) is 2.64. The zero-order valence-electron chi connectivity index (χ0n) is 16.3. The summed E-state index contributed by atoms with van der Waals surface area (Å²) in [4.78, 5) is 16.8. The van der Waals surface area contributed by atoms with Gasteiger partial charge in [-0.2, -0.15) is 0 Å². The van der Waals surface area contributed by atoms with Crippen LogP contribution < -0.4 is 4.74 Å². The van der Waals surface area contributed by atoms with Crippen molar-refractivity contribution in [2.45, 2.75) is 44.1 Å². The second kappa shape index (κ2) is 7.57. The zero-order valence-corrected chi connectivity index (χ0v) is 16.3. The minimum atomic E-state index is -0.539. The minimum absolute atomic E-state index is 0.0960. The molecule has 1 N–H and O–H groups in total. The lowest BCUT2D eigenvalue weighted by Crippen LogP contribution is -2.49. The Hall–Kier alpha value is -1.59. The van der Waals surface area contributed by atoms with E-state index in [1.54, 1.807) is 7.11 Å². The standard InChI is InChI=1S/C21H32N2O3/c1-22(2)16-21(25)9-7-20(8-10-21)11-13-23(14-12-20)19(24)17-5-4-6-18(15-17)26-3/h4-6,15,25H,7-14,16H2,1-3H3. The lowest BCUT2D eigenvalue weighted by molar-refractivity contribution is -0.0615. The number of piperidine rings is 1. The van der Waals surface area contributed by atoms with E-state index in [1.807, 2.05) is 43.3 Å². The Morgan fingerprint density at radius 2 is 1.81 bits per heavy atom. The Kier molecular flexibility index (Phi) is 5.58. The van der Waals surface area contributed by atoms with E-state index in [9.17, 15) is 9.90 Å². The molecule has 1 saturated carbocycles. The third kappa shape index (κ3) is 4.21. The molecule has 1 aromatic carbocycles. The highest BCUT2D eigenvalue weighted by atomic mass is 16.5. The van der Waals surface area contributed by atoms with Gasteiger partial charge >= 0.3 is 0 Å². The lowest BCUT2D eigenvalue weighted by atomic mass is 9.64. The number of benzene rings is 1. The van der Waals surface area contributed by atoms with Crippen LogP contribution in [0, 0.1) is 5.41 Å². The first-order chi connectivity index (χ1) is 12.3. The number of methoxy groups -OCH3 is 1. The van der Waals surface area contributed by atoms with Crippen molar-refractivity contribution in [2.24, 2.45) is 5.41 Å². The molecule has 3 rings (SSSR count). The summed E-state index contributed by atoms with van der Waals surface area (Å²) in [5, 5.41) is 10.8. The molecule has 1 aliphatic heterocycles. The van der Waals surface area contributed by atoms with E-state index in [-0.39, 0.29) is 5.91 Å². The largest absolute Gasteiger partial charge is 0.497 e. The van der Waals surface area contributed by atoms with Gasteiger partial charge in [0.05, 0.1) is 12.7 Å². The molecule has 0 aromatic heterocycles. The van der Waals surface area contributed by atoms with Crippen LogP contribution in [0.2, 0.25) is 0 Å². The summed E-state index contributed by atoms with van der Waals surface area (Å²) in [6.45, 7) is 2.35. The molecule has 144 valence electrons. The number of amides is 1. The van der Waals surface area contributed by atoms with E-state index in [1.165, 1.54) is 0 Å². The second-order valence-corrected chi connectivity index (χ2v) is 8.49. The molecule has 5 nitrogen and oxygen atoms in total. The first kappa shape index (κ1) is 19.2. The quantitative estimate of drug-likeness (QED) is 0.897. The summed E-state index contributed by atoms with van der Waals surface area (Å²) in [7, 11) is 5.66. The molecule has 1 amide bonds. The van der Waals surface area contributed by atoms with Crippen LogP contribution in [0.5, 0.6) is 5.75 Å². The van der Waals surface area contributed by atoms with E-state index in [0.29, 0.717) is 11.0 Å². The topological polar surface area (TPSA) is 53.0 Å². The predicted octanol–water partition coefficient (Wildman–Crippen LogP) is 2.78. The van der Waals surface area contributed by atoms with Gasteiger partial charge in [0.25, 0.3) is 5.91 Å². The van der Waals surface area contributed by atoms with Gasteiger partial charge in [0.1, 0.15) is 5.75 Å². The normalized spacial score (nSPS) is 21.8. The number of carbonyl (C=O) groups is 1. The van der Waals surface area contributed by atoms with Gasteiger partial charge in [-0.1, -0.05) is 6.07 Å². The molecule has 0 atom stereocenters. The number of carbonyl (C=O) groups excluding carboxylic acids is 1. The van der Waals surface area contributed by atoms with Gasteiger partial charge in [0.15, 0.2) is 0 Å². The fourth-order valence-electron chi connectivity index (χ4n) is 4.62. The molecule has 1 heterocycles. The Balaban J connectivity index is 1.57. The van der Waals surface area contributed by atoms with E-state index < -0.39 is 5.60 Å². The van der Waals surface area contributed by atoms with E-state index >= 15 is 0 Å². The van der Waals surface area contributed by atoms with Gasteiger partial charge in [0, 0.05) is 25.2 Å². The first-order valence-electron chi connectivity index (χ1n) is 9.65. The van der Waals surface area contributed by atoms with Gasteiger partial charge in [-0.05, 0) is 76.2 Å². The minimum Gasteiger partial charge on any atom is -0.497 e. The van der Waals surface area contributed by atoms with Gasteiger partial charge < -0.3 is 19.6 Å². The fraction of sp³-hybridized carbons (Fsp3) is 0.667. The molecule has 1 aliphatic carbocycles. The number of hydrogen-bond acceptors (Lipinski definition) is 4. The SMILES string of the molecule is COc1cccc(C(=O)N2CCC3(CC2)CCC(O)(CN(C)C)CC3)c1. The van der Waals surface area contributed by atoms with Crippen molar-refractivity contribution in [3.63, 3.8) is 0 Å². The van der Waals surface area contributed by atoms with Crippen LogP contribution in [0.3, 0.4) is 0 Å². The van der Waals surface area contributed by atoms with E-state index in [4.69, 9.17) is 4.74 Å². The van der Waals surface area contributed by atoms with Gasteiger partial charge in [-0.15, -0.1) is 0 Å². The molecule has 1 spiro atoms. The highest BCUT2D eigenvalue weighted by molar-refractivity contribution is 5.94. The monoisotopic (exact) mass is 360 g/mol. The van der Waals surface area contributed by atoms with Crippen LogP contribution in [-0.2, 0) is 0 Å². The van der Waals surface area contributed by atoms with Crippen molar-refractivity contribution < 1.29 is 14.6 Å². The molecule has 2 aliphatic rings. The number of nitrogens with zero attached hydrogens (tertiary/aromatic N) is 2. The Bertz CT molecular complexity index is 626. The van der Waals surface area contributed by atoms with Gasteiger partial charge in [-0.25, -0.2) is 0 Å². The Morgan fingerprint density at radius 3 is 2.38 bits per heavy atom. The third-order valence-electron chi connectivity index (χ3n) is 6.28. The number of likely N-dealkylation sites (tertiary alicyclic amines) is 1. The first-order valence-corrected chi connectivity index (χ1v) is 9.65. The van der Waals surface area contributed by atoms with E-state index in [2.05, 4.69) is 4.90 Å². The van der Waals surface area contributed by atoms with Crippen LogP contribution in [0.15, 0.2) is 24.3 Å². The maximum absolute atomic E-state index is 12.8. The van der Waals surface area contributed by atoms with Crippen LogP contribution in [0.25, 0.3) is 0 Å². The predicted molar refractivity (Wildman–Crippen MR) is 103 cm³/mol. The molecule has 5 heteroatoms.